The lowest BCUT2D eigenvalue weighted by Crippen LogP contribution is -2.39. The number of carbonyl (C=O) groups excluding carboxylic acids is 1. The average molecular weight is 361 g/mol. The molecule has 4 nitrogen and oxygen atoms in total. The first-order chi connectivity index (χ1) is 13.2. The van der Waals surface area contributed by atoms with Gasteiger partial charge in [-0.3, -0.25) is 4.79 Å². The molecule has 1 aliphatic carbocycles. The highest BCUT2D eigenvalue weighted by atomic mass is 19.1. The Balaban J connectivity index is 1.32. The lowest BCUT2D eigenvalue weighted by Gasteiger charge is -2.23. The van der Waals surface area contributed by atoms with Gasteiger partial charge in [0, 0.05) is 39.7 Å². The quantitative estimate of drug-likeness (QED) is 0.507. The molecule has 0 saturated heterocycles. The number of H-pyrrole nitrogens is 2. The summed E-state index contributed by atoms with van der Waals surface area (Å²) in [5, 5.41) is 5.34. The van der Waals surface area contributed by atoms with E-state index in [9.17, 15) is 9.18 Å². The summed E-state index contributed by atoms with van der Waals surface area (Å²) in [6, 6.07) is 13.0. The van der Waals surface area contributed by atoms with Crippen molar-refractivity contribution >= 4 is 27.7 Å². The van der Waals surface area contributed by atoms with E-state index in [0.29, 0.717) is 6.42 Å². The van der Waals surface area contributed by atoms with Crippen LogP contribution in [0.15, 0.2) is 48.7 Å². The Morgan fingerprint density at radius 2 is 2.04 bits per heavy atom. The number of hydrogen-bond acceptors (Lipinski definition) is 1. The summed E-state index contributed by atoms with van der Waals surface area (Å²) in [5.41, 5.74) is 5.27. The van der Waals surface area contributed by atoms with Crippen LogP contribution in [0.5, 0.6) is 0 Å². The Morgan fingerprint density at radius 3 is 2.96 bits per heavy atom. The molecule has 136 valence electrons. The van der Waals surface area contributed by atoms with Gasteiger partial charge in [0.25, 0.3) is 0 Å². The molecular weight excluding hydrogens is 341 g/mol. The summed E-state index contributed by atoms with van der Waals surface area (Å²) in [5.74, 6) is -0.191. The van der Waals surface area contributed by atoms with Crippen molar-refractivity contribution in [3.63, 3.8) is 0 Å². The van der Waals surface area contributed by atoms with Gasteiger partial charge in [-0.1, -0.05) is 18.2 Å². The number of benzene rings is 2. The molecule has 4 aromatic rings. The zero-order valence-electron chi connectivity index (χ0n) is 14.8. The summed E-state index contributed by atoms with van der Waals surface area (Å²) in [6.45, 7) is 0. The number of amides is 1. The maximum atomic E-state index is 13.5. The van der Waals surface area contributed by atoms with Crippen molar-refractivity contribution in [2.45, 2.75) is 31.7 Å². The van der Waals surface area contributed by atoms with E-state index in [-0.39, 0.29) is 17.8 Å². The number of aromatic nitrogens is 2. The number of rotatable bonds is 3. The van der Waals surface area contributed by atoms with Crippen molar-refractivity contribution in [2.24, 2.45) is 0 Å². The minimum atomic E-state index is -0.232. The van der Waals surface area contributed by atoms with E-state index in [2.05, 4.69) is 15.3 Å². The summed E-state index contributed by atoms with van der Waals surface area (Å²) < 4.78 is 13.5. The molecule has 3 N–H and O–H groups in total. The Bertz CT molecular complexity index is 1160. The zero-order valence-corrected chi connectivity index (χ0v) is 14.8. The van der Waals surface area contributed by atoms with E-state index in [0.717, 1.165) is 52.3 Å². The fraction of sp³-hybridized carbons (Fsp3) is 0.227. The first-order valence-corrected chi connectivity index (χ1v) is 9.31. The average Bonchev–Trinajstić information content (AvgIpc) is 3.22. The molecule has 0 radical (unpaired) electrons. The highest BCUT2D eigenvalue weighted by Gasteiger charge is 2.24. The molecule has 0 saturated carbocycles. The standard InChI is InChI=1S/C22H20FN3O/c23-14-5-7-17-18-11-15(6-8-20(18)26-21(17)10-14)25-22(27)9-13-12-24-19-4-2-1-3-16(13)19/h1-5,7,10,12,15,24,26H,6,8-9,11H2,(H,25,27). The van der Waals surface area contributed by atoms with Crippen molar-refractivity contribution in [3.8, 4) is 0 Å². The van der Waals surface area contributed by atoms with Crippen LogP contribution in [0.1, 0.15) is 23.2 Å². The molecule has 2 aromatic carbocycles. The second-order valence-corrected chi connectivity index (χ2v) is 7.32. The number of fused-ring (bicyclic) bond motifs is 4. The largest absolute Gasteiger partial charge is 0.361 e. The zero-order chi connectivity index (χ0) is 18.4. The Kier molecular flexibility index (Phi) is 3.74. The molecule has 2 heterocycles. The summed E-state index contributed by atoms with van der Waals surface area (Å²) in [7, 11) is 0. The van der Waals surface area contributed by atoms with Gasteiger partial charge in [0.05, 0.1) is 6.42 Å². The number of halogens is 1. The third-order valence-electron chi connectivity index (χ3n) is 5.54. The minimum Gasteiger partial charge on any atom is -0.361 e. The Morgan fingerprint density at radius 1 is 1.15 bits per heavy atom. The molecule has 0 aliphatic heterocycles. The second kappa shape index (κ2) is 6.27. The highest BCUT2D eigenvalue weighted by Crippen LogP contribution is 2.29. The van der Waals surface area contributed by atoms with Crippen LogP contribution in [0, 0.1) is 5.82 Å². The van der Waals surface area contributed by atoms with Gasteiger partial charge in [-0.15, -0.1) is 0 Å². The van der Waals surface area contributed by atoms with Crippen molar-refractivity contribution < 1.29 is 9.18 Å². The van der Waals surface area contributed by atoms with Crippen molar-refractivity contribution in [1.29, 1.82) is 0 Å². The molecule has 1 atom stereocenters. The van der Waals surface area contributed by atoms with Gasteiger partial charge in [0.2, 0.25) is 5.91 Å². The SMILES string of the molecule is O=C(Cc1c[nH]c2ccccc12)NC1CCc2[nH]c3cc(F)ccc3c2C1. The van der Waals surface area contributed by atoms with Crippen LogP contribution in [0.3, 0.4) is 0 Å². The minimum absolute atomic E-state index is 0.0408. The van der Waals surface area contributed by atoms with Crippen molar-refractivity contribution in [3.05, 3.63) is 71.3 Å². The number of nitrogens with one attached hydrogen (secondary N) is 3. The van der Waals surface area contributed by atoms with Crippen LogP contribution >= 0.6 is 0 Å². The molecule has 0 bridgehead atoms. The smallest absolute Gasteiger partial charge is 0.224 e. The summed E-state index contributed by atoms with van der Waals surface area (Å²) in [6.07, 6.45) is 4.82. The molecular formula is C22H20FN3O. The molecule has 27 heavy (non-hydrogen) atoms. The molecule has 1 amide bonds. The van der Waals surface area contributed by atoms with E-state index >= 15 is 0 Å². The van der Waals surface area contributed by atoms with Crippen LogP contribution in [0.4, 0.5) is 4.39 Å². The topological polar surface area (TPSA) is 60.7 Å². The van der Waals surface area contributed by atoms with Gasteiger partial charge in [-0.2, -0.15) is 0 Å². The molecule has 5 heteroatoms. The number of aromatic amines is 2. The Labute approximate surface area is 155 Å². The van der Waals surface area contributed by atoms with E-state index < -0.39 is 0 Å². The number of aryl methyl sites for hydroxylation is 1. The first kappa shape index (κ1) is 16.1. The monoisotopic (exact) mass is 361 g/mol. The molecule has 5 rings (SSSR count). The number of hydrogen-bond donors (Lipinski definition) is 3. The predicted octanol–water partition coefficient (Wildman–Crippen LogP) is 4.00. The first-order valence-electron chi connectivity index (χ1n) is 9.31. The van der Waals surface area contributed by atoms with Crippen LogP contribution in [0.25, 0.3) is 21.8 Å². The summed E-state index contributed by atoms with van der Waals surface area (Å²) in [4.78, 5) is 19.1. The van der Waals surface area contributed by atoms with E-state index in [1.807, 2.05) is 36.5 Å². The van der Waals surface area contributed by atoms with Crippen molar-refractivity contribution in [1.82, 2.24) is 15.3 Å². The molecule has 0 spiro atoms. The van der Waals surface area contributed by atoms with E-state index in [1.165, 1.54) is 17.7 Å². The van der Waals surface area contributed by atoms with Gasteiger partial charge >= 0.3 is 0 Å². The Hall–Kier alpha value is -3.08. The molecule has 0 fully saturated rings. The van der Waals surface area contributed by atoms with Gasteiger partial charge < -0.3 is 15.3 Å². The van der Waals surface area contributed by atoms with Crippen molar-refractivity contribution in [2.75, 3.05) is 0 Å². The van der Waals surface area contributed by atoms with Gasteiger partial charge in [0.1, 0.15) is 5.82 Å². The van der Waals surface area contributed by atoms with Crippen LogP contribution in [-0.2, 0) is 24.1 Å². The van der Waals surface area contributed by atoms with Gasteiger partial charge in [-0.25, -0.2) is 4.39 Å². The second-order valence-electron chi connectivity index (χ2n) is 7.32. The maximum absolute atomic E-state index is 13.5. The number of para-hydroxylation sites is 1. The molecule has 2 aromatic heterocycles. The number of carbonyl (C=O) groups is 1. The van der Waals surface area contributed by atoms with Crippen LogP contribution in [0.2, 0.25) is 0 Å². The molecule has 1 unspecified atom stereocenters. The molecule has 1 aliphatic rings. The summed E-state index contributed by atoms with van der Waals surface area (Å²) >= 11 is 0. The van der Waals surface area contributed by atoms with E-state index in [4.69, 9.17) is 0 Å². The predicted molar refractivity (Wildman–Crippen MR) is 104 cm³/mol. The normalized spacial score (nSPS) is 16.6. The third-order valence-corrected chi connectivity index (χ3v) is 5.54. The van der Waals surface area contributed by atoms with Crippen LogP contribution < -0.4 is 5.32 Å². The van der Waals surface area contributed by atoms with Gasteiger partial charge in [-0.05, 0) is 54.7 Å². The fourth-order valence-corrected chi connectivity index (χ4v) is 4.25. The van der Waals surface area contributed by atoms with Gasteiger partial charge in [0.15, 0.2) is 0 Å². The lowest BCUT2D eigenvalue weighted by atomic mass is 9.91. The highest BCUT2D eigenvalue weighted by molar-refractivity contribution is 5.89. The van der Waals surface area contributed by atoms with Crippen LogP contribution in [-0.4, -0.2) is 21.9 Å². The lowest BCUT2D eigenvalue weighted by molar-refractivity contribution is -0.121. The fourth-order valence-electron chi connectivity index (χ4n) is 4.25. The van der Waals surface area contributed by atoms with E-state index in [1.54, 1.807) is 0 Å². The third kappa shape index (κ3) is 2.89. The maximum Gasteiger partial charge on any atom is 0.224 e.